The Bertz CT molecular complexity index is 719. The van der Waals surface area contributed by atoms with E-state index in [0.717, 1.165) is 31.6 Å². The summed E-state index contributed by atoms with van der Waals surface area (Å²) < 4.78 is 0. The van der Waals surface area contributed by atoms with Gasteiger partial charge in [0.1, 0.15) is 0 Å². The molecule has 0 saturated carbocycles. The molecule has 0 bridgehead atoms. The molecule has 3 rings (SSSR count). The van der Waals surface area contributed by atoms with E-state index in [1.165, 1.54) is 11.1 Å². The van der Waals surface area contributed by atoms with Gasteiger partial charge in [0.2, 0.25) is 5.91 Å². The van der Waals surface area contributed by atoms with E-state index in [-0.39, 0.29) is 18.0 Å². The molecule has 0 spiro atoms. The van der Waals surface area contributed by atoms with Crippen LogP contribution >= 0.6 is 0 Å². The van der Waals surface area contributed by atoms with Crippen molar-refractivity contribution in [2.24, 2.45) is 0 Å². The van der Waals surface area contributed by atoms with Crippen LogP contribution in [0.15, 0.2) is 48.8 Å². The van der Waals surface area contributed by atoms with Crippen molar-refractivity contribution in [2.75, 3.05) is 26.2 Å². The SMILES string of the molecule is Cc1ccccc1CC(C)NC(=O)CN1CCNCC1c1cccnc1. The van der Waals surface area contributed by atoms with Gasteiger partial charge in [-0.05, 0) is 43.0 Å². The number of carbonyl (C=O) groups is 1. The van der Waals surface area contributed by atoms with Crippen LogP contribution in [0.4, 0.5) is 0 Å². The number of nitrogens with one attached hydrogen (secondary N) is 2. The lowest BCUT2D eigenvalue weighted by molar-refractivity contribution is -0.123. The second-order valence-corrected chi connectivity index (χ2v) is 7.08. The van der Waals surface area contributed by atoms with Gasteiger partial charge in [-0.3, -0.25) is 14.7 Å². The highest BCUT2D eigenvalue weighted by Gasteiger charge is 2.26. The zero-order valence-corrected chi connectivity index (χ0v) is 15.6. The van der Waals surface area contributed by atoms with E-state index in [0.29, 0.717) is 6.54 Å². The Kier molecular flexibility index (Phi) is 6.36. The maximum Gasteiger partial charge on any atom is 0.234 e. The highest BCUT2D eigenvalue weighted by atomic mass is 16.2. The Hall–Kier alpha value is -2.24. The molecule has 138 valence electrons. The Morgan fingerprint density at radius 1 is 1.35 bits per heavy atom. The van der Waals surface area contributed by atoms with Gasteiger partial charge in [0, 0.05) is 44.1 Å². The van der Waals surface area contributed by atoms with Crippen molar-refractivity contribution in [1.29, 1.82) is 0 Å². The van der Waals surface area contributed by atoms with Gasteiger partial charge in [-0.2, -0.15) is 0 Å². The monoisotopic (exact) mass is 352 g/mol. The number of hydrogen-bond donors (Lipinski definition) is 2. The number of carbonyl (C=O) groups excluding carboxylic acids is 1. The van der Waals surface area contributed by atoms with E-state index in [1.807, 2.05) is 18.3 Å². The molecule has 1 aromatic heterocycles. The molecule has 1 aliphatic rings. The van der Waals surface area contributed by atoms with Gasteiger partial charge in [-0.1, -0.05) is 30.3 Å². The third-order valence-electron chi connectivity index (χ3n) is 4.96. The number of aromatic nitrogens is 1. The molecule has 1 aliphatic heterocycles. The van der Waals surface area contributed by atoms with Gasteiger partial charge in [0.15, 0.2) is 0 Å². The second-order valence-electron chi connectivity index (χ2n) is 7.08. The second kappa shape index (κ2) is 8.92. The quantitative estimate of drug-likeness (QED) is 0.836. The molecule has 2 unspecified atom stereocenters. The van der Waals surface area contributed by atoms with Crippen LogP contribution in [-0.4, -0.2) is 48.0 Å². The number of rotatable bonds is 6. The van der Waals surface area contributed by atoms with Crippen LogP contribution in [0.2, 0.25) is 0 Å². The summed E-state index contributed by atoms with van der Waals surface area (Å²) in [7, 11) is 0. The lowest BCUT2D eigenvalue weighted by Crippen LogP contribution is -2.50. The van der Waals surface area contributed by atoms with E-state index in [4.69, 9.17) is 0 Å². The molecule has 26 heavy (non-hydrogen) atoms. The van der Waals surface area contributed by atoms with Crippen LogP contribution in [0.1, 0.15) is 29.7 Å². The fraction of sp³-hybridized carbons (Fsp3) is 0.429. The predicted octanol–water partition coefficient (Wildman–Crippen LogP) is 2.08. The molecule has 0 radical (unpaired) electrons. The van der Waals surface area contributed by atoms with Gasteiger partial charge in [-0.15, -0.1) is 0 Å². The first-order chi connectivity index (χ1) is 12.6. The molecule has 1 aromatic carbocycles. The molecule has 5 nitrogen and oxygen atoms in total. The number of hydrogen-bond acceptors (Lipinski definition) is 4. The molecule has 2 aromatic rings. The summed E-state index contributed by atoms with van der Waals surface area (Å²) in [5.41, 5.74) is 3.71. The number of amides is 1. The Morgan fingerprint density at radius 2 is 2.19 bits per heavy atom. The predicted molar refractivity (Wildman–Crippen MR) is 104 cm³/mol. The Balaban J connectivity index is 1.57. The third kappa shape index (κ3) is 4.90. The average Bonchev–Trinajstić information content (AvgIpc) is 2.64. The summed E-state index contributed by atoms with van der Waals surface area (Å²) in [4.78, 5) is 19.0. The van der Waals surface area contributed by atoms with Crippen molar-refractivity contribution in [2.45, 2.75) is 32.4 Å². The van der Waals surface area contributed by atoms with E-state index in [9.17, 15) is 4.79 Å². The van der Waals surface area contributed by atoms with Crippen LogP contribution in [0.3, 0.4) is 0 Å². The summed E-state index contributed by atoms with van der Waals surface area (Å²) in [5, 5.41) is 6.57. The zero-order chi connectivity index (χ0) is 18.4. The number of pyridine rings is 1. The molecule has 2 heterocycles. The van der Waals surface area contributed by atoms with Crippen molar-refractivity contribution in [1.82, 2.24) is 20.5 Å². The van der Waals surface area contributed by atoms with E-state index in [1.54, 1.807) is 6.20 Å². The standard InChI is InChI=1S/C21H28N4O/c1-16-6-3-4-7-18(16)12-17(2)24-21(26)15-25-11-10-23-14-20(25)19-8-5-9-22-13-19/h3-9,13,17,20,23H,10-12,14-15H2,1-2H3,(H,24,26). The summed E-state index contributed by atoms with van der Waals surface area (Å²) in [6, 6.07) is 12.7. The minimum Gasteiger partial charge on any atom is -0.352 e. The topological polar surface area (TPSA) is 57.3 Å². The van der Waals surface area contributed by atoms with Crippen LogP contribution < -0.4 is 10.6 Å². The lowest BCUT2D eigenvalue weighted by atomic mass is 10.0. The molecule has 0 aliphatic carbocycles. The summed E-state index contributed by atoms with van der Waals surface area (Å²) in [5.74, 6) is 0.0851. The minimum absolute atomic E-state index is 0.0851. The first kappa shape index (κ1) is 18.5. The first-order valence-corrected chi connectivity index (χ1v) is 9.32. The highest BCUT2D eigenvalue weighted by molar-refractivity contribution is 5.78. The molecule has 1 saturated heterocycles. The maximum absolute atomic E-state index is 12.6. The smallest absolute Gasteiger partial charge is 0.234 e. The molecule has 2 N–H and O–H groups in total. The number of aryl methyl sites for hydroxylation is 1. The highest BCUT2D eigenvalue weighted by Crippen LogP contribution is 2.20. The normalized spacial score (nSPS) is 19.1. The number of benzene rings is 1. The average molecular weight is 352 g/mol. The molecular weight excluding hydrogens is 324 g/mol. The number of nitrogens with zero attached hydrogens (tertiary/aromatic N) is 2. The molecule has 1 amide bonds. The van der Waals surface area contributed by atoms with E-state index < -0.39 is 0 Å². The first-order valence-electron chi connectivity index (χ1n) is 9.32. The van der Waals surface area contributed by atoms with Crippen molar-refractivity contribution in [3.63, 3.8) is 0 Å². The van der Waals surface area contributed by atoms with Gasteiger partial charge in [0.05, 0.1) is 6.54 Å². The minimum atomic E-state index is 0.0851. The van der Waals surface area contributed by atoms with Gasteiger partial charge in [0.25, 0.3) is 0 Å². The van der Waals surface area contributed by atoms with Gasteiger partial charge in [-0.25, -0.2) is 0 Å². The molecule has 2 atom stereocenters. The van der Waals surface area contributed by atoms with Gasteiger partial charge < -0.3 is 10.6 Å². The molecule has 1 fully saturated rings. The van der Waals surface area contributed by atoms with Gasteiger partial charge >= 0.3 is 0 Å². The summed E-state index contributed by atoms with van der Waals surface area (Å²) in [6.45, 7) is 7.21. The fourth-order valence-corrected chi connectivity index (χ4v) is 3.56. The Morgan fingerprint density at radius 3 is 2.96 bits per heavy atom. The van der Waals surface area contributed by atoms with Crippen molar-refractivity contribution in [3.05, 3.63) is 65.5 Å². The zero-order valence-electron chi connectivity index (χ0n) is 15.6. The van der Waals surface area contributed by atoms with Crippen LogP contribution in [-0.2, 0) is 11.2 Å². The Labute approximate surface area is 155 Å². The maximum atomic E-state index is 12.6. The lowest BCUT2D eigenvalue weighted by Gasteiger charge is -2.36. The third-order valence-corrected chi connectivity index (χ3v) is 4.96. The fourth-order valence-electron chi connectivity index (χ4n) is 3.56. The van der Waals surface area contributed by atoms with Crippen LogP contribution in [0.25, 0.3) is 0 Å². The summed E-state index contributed by atoms with van der Waals surface area (Å²) in [6.07, 6.45) is 4.53. The molecular formula is C21H28N4O. The van der Waals surface area contributed by atoms with E-state index in [2.05, 4.69) is 58.6 Å². The molecule has 5 heteroatoms. The van der Waals surface area contributed by atoms with Crippen molar-refractivity contribution < 1.29 is 4.79 Å². The number of piperazine rings is 1. The van der Waals surface area contributed by atoms with Crippen molar-refractivity contribution >= 4 is 5.91 Å². The van der Waals surface area contributed by atoms with Crippen LogP contribution in [0.5, 0.6) is 0 Å². The van der Waals surface area contributed by atoms with Crippen LogP contribution in [0, 0.1) is 6.92 Å². The largest absolute Gasteiger partial charge is 0.352 e. The van der Waals surface area contributed by atoms with E-state index >= 15 is 0 Å². The summed E-state index contributed by atoms with van der Waals surface area (Å²) >= 11 is 0. The van der Waals surface area contributed by atoms with Crippen molar-refractivity contribution in [3.8, 4) is 0 Å².